The summed E-state index contributed by atoms with van der Waals surface area (Å²) in [4.78, 5) is 49.1. The highest BCUT2D eigenvalue weighted by atomic mass is 16.5. The van der Waals surface area contributed by atoms with Crippen LogP contribution < -0.4 is 0 Å². The number of nitrogens with zero attached hydrogens (tertiary/aromatic N) is 3. The number of carbonyl (C=O) groups excluding carboxylic acids is 3. The Morgan fingerprint density at radius 2 is 0.561 bits per heavy atom. The molecule has 0 spiro atoms. The molecule has 0 radical (unpaired) electrons. The summed E-state index contributed by atoms with van der Waals surface area (Å²) in [5.41, 5.74) is -0.581. The van der Waals surface area contributed by atoms with Crippen molar-refractivity contribution in [2.24, 2.45) is 5.41 Å². The lowest BCUT2D eigenvalue weighted by Crippen LogP contribution is -2.51. The largest absolute Gasteiger partial charge is 0.371 e. The summed E-state index contributed by atoms with van der Waals surface area (Å²) in [5, 5.41) is 0. The smallest absolute Gasteiger partial charge is 0.249 e. The van der Waals surface area contributed by atoms with Gasteiger partial charge in [0.05, 0.1) is 19.8 Å². The molecule has 0 bridgehead atoms. The van der Waals surface area contributed by atoms with Gasteiger partial charge in [0, 0.05) is 41.7 Å². The molecule has 326 valence electrons. The Balaban J connectivity index is 1.11. The summed E-state index contributed by atoms with van der Waals surface area (Å²) < 4.78 is 19.4. The molecule has 0 aromatic rings. The van der Waals surface area contributed by atoms with Crippen LogP contribution in [0.4, 0.5) is 0 Å². The molecule has 9 heteroatoms. The lowest BCUT2D eigenvalue weighted by Gasteiger charge is -2.42. The molecular formula is C48H83N3O6. The quantitative estimate of drug-likeness (QED) is 0.129. The van der Waals surface area contributed by atoms with Crippen molar-refractivity contribution >= 4 is 17.7 Å². The highest BCUT2D eigenvalue weighted by Gasteiger charge is 2.38. The molecule has 0 heterocycles. The number of ether oxygens (including phenoxy) is 3. The van der Waals surface area contributed by atoms with E-state index in [0.29, 0.717) is 62.5 Å². The first kappa shape index (κ1) is 44.8. The standard InChI is InChI=1S/C48H83N3O6/c1-2-48(36-55-33-45(52)49(39-21-9-3-10-22-39)40-23-11-4-12-24-40,37-56-34-46(53)50(41-25-13-5-14-26-41)42-27-15-6-16-28-42)38-57-35-47(54)51(43-29-17-7-18-30-43)44-31-19-8-20-32-44/h39-44H,2-38H2,1H3. The zero-order valence-electron chi connectivity index (χ0n) is 36.4. The van der Waals surface area contributed by atoms with E-state index in [9.17, 15) is 14.4 Å². The molecule has 57 heavy (non-hydrogen) atoms. The van der Waals surface area contributed by atoms with Crippen molar-refractivity contribution in [3.8, 4) is 0 Å². The second-order valence-corrected chi connectivity index (χ2v) is 19.5. The van der Waals surface area contributed by atoms with Crippen LogP contribution in [0.1, 0.15) is 206 Å². The van der Waals surface area contributed by atoms with Gasteiger partial charge in [0.25, 0.3) is 0 Å². The van der Waals surface area contributed by atoms with Crippen molar-refractivity contribution in [1.82, 2.24) is 14.7 Å². The molecule has 9 nitrogen and oxygen atoms in total. The molecule has 0 unspecified atom stereocenters. The maximum absolute atomic E-state index is 14.1. The second kappa shape index (κ2) is 23.9. The van der Waals surface area contributed by atoms with Crippen molar-refractivity contribution in [1.29, 1.82) is 0 Å². The normalized spacial score (nSPS) is 23.3. The van der Waals surface area contributed by atoms with Crippen LogP contribution in [-0.2, 0) is 28.6 Å². The third-order valence-corrected chi connectivity index (χ3v) is 15.3. The van der Waals surface area contributed by atoms with Crippen LogP contribution in [0.2, 0.25) is 0 Å². The Morgan fingerprint density at radius 3 is 0.737 bits per heavy atom. The number of hydrogen-bond donors (Lipinski definition) is 0. The predicted molar refractivity (Wildman–Crippen MR) is 227 cm³/mol. The first-order valence-corrected chi connectivity index (χ1v) is 24.6. The number of carbonyl (C=O) groups is 3. The van der Waals surface area contributed by atoms with Gasteiger partial charge >= 0.3 is 0 Å². The Bertz CT molecular complexity index is 984. The zero-order valence-corrected chi connectivity index (χ0v) is 36.4. The van der Waals surface area contributed by atoms with E-state index in [4.69, 9.17) is 14.2 Å². The maximum atomic E-state index is 14.1. The third kappa shape index (κ3) is 13.1. The van der Waals surface area contributed by atoms with Gasteiger partial charge in [-0.15, -0.1) is 0 Å². The van der Waals surface area contributed by atoms with Gasteiger partial charge in [-0.25, -0.2) is 0 Å². The fourth-order valence-corrected chi connectivity index (χ4v) is 12.0. The van der Waals surface area contributed by atoms with Crippen molar-refractivity contribution < 1.29 is 28.6 Å². The topological polar surface area (TPSA) is 88.6 Å². The van der Waals surface area contributed by atoms with Gasteiger partial charge in [-0.2, -0.15) is 0 Å². The van der Waals surface area contributed by atoms with E-state index in [-0.39, 0.29) is 37.5 Å². The molecule has 6 rings (SSSR count). The van der Waals surface area contributed by atoms with E-state index >= 15 is 0 Å². The molecular weight excluding hydrogens is 715 g/mol. The molecule has 0 aromatic carbocycles. The lowest BCUT2D eigenvalue weighted by molar-refractivity contribution is -0.151. The average Bonchev–Trinajstić information content (AvgIpc) is 3.26. The molecule has 0 aromatic heterocycles. The van der Waals surface area contributed by atoms with Crippen molar-refractivity contribution in [2.75, 3.05) is 39.6 Å². The molecule has 0 atom stereocenters. The summed E-state index contributed by atoms with van der Waals surface area (Å²) in [6.45, 7) is 3.19. The minimum Gasteiger partial charge on any atom is -0.371 e. The molecule has 6 saturated carbocycles. The van der Waals surface area contributed by atoms with Crippen molar-refractivity contribution in [3.63, 3.8) is 0 Å². The van der Waals surface area contributed by atoms with E-state index in [2.05, 4.69) is 21.6 Å². The highest BCUT2D eigenvalue weighted by molar-refractivity contribution is 5.79. The van der Waals surface area contributed by atoms with Crippen LogP contribution in [0.15, 0.2) is 0 Å². The van der Waals surface area contributed by atoms with Gasteiger partial charge in [-0.1, -0.05) is 122 Å². The van der Waals surface area contributed by atoms with Crippen LogP contribution in [0.3, 0.4) is 0 Å². The summed E-state index contributed by atoms with van der Waals surface area (Å²) in [7, 11) is 0. The fraction of sp³-hybridized carbons (Fsp3) is 0.938. The first-order valence-electron chi connectivity index (χ1n) is 24.6. The first-order chi connectivity index (χ1) is 28.0. The van der Waals surface area contributed by atoms with Gasteiger partial charge in [0.1, 0.15) is 19.8 Å². The van der Waals surface area contributed by atoms with Gasteiger partial charge in [-0.3, -0.25) is 14.4 Å². The minimum absolute atomic E-state index is 0.0564. The van der Waals surface area contributed by atoms with Gasteiger partial charge in [-0.05, 0) is 83.5 Å². The van der Waals surface area contributed by atoms with E-state index in [1.807, 2.05) is 0 Å². The molecule has 0 aliphatic heterocycles. The summed E-state index contributed by atoms with van der Waals surface area (Å²) in [6.07, 6.45) is 35.9. The van der Waals surface area contributed by atoms with E-state index in [1.54, 1.807) is 0 Å². The maximum Gasteiger partial charge on any atom is 0.249 e. The zero-order chi connectivity index (χ0) is 39.7. The lowest BCUT2D eigenvalue weighted by atomic mass is 9.87. The molecule has 6 aliphatic rings. The second-order valence-electron chi connectivity index (χ2n) is 19.5. The molecule has 6 aliphatic carbocycles. The third-order valence-electron chi connectivity index (χ3n) is 15.3. The van der Waals surface area contributed by atoms with Crippen LogP contribution in [0.25, 0.3) is 0 Å². The molecule has 0 saturated heterocycles. The highest BCUT2D eigenvalue weighted by Crippen LogP contribution is 2.34. The van der Waals surface area contributed by atoms with E-state index in [1.165, 1.54) is 116 Å². The Kier molecular flexibility index (Phi) is 18.8. The SMILES string of the molecule is CCC(COCC(=O)N(C1CCCCC1)C1CCCCC1)(COCC(=O)N(C1CCCCC1)C1CCCCC1)COCC(=O)N(C1CCCCC1)C1CCCCC1. The molecule has 6 fully saturated rings. The van der Waals surface area contributed by atoms with Crippen LogP contribution in [-0.4, -0.2) is 108 Å². The van der Waals surface area contributed by atoms with Crippen molar-refractivity contribution in [2.45, 2.75) is 242 Å². The summed E-state index contributed by atoms with van der Waals surface area (Å²) in [5.74, 6) is 0.367. The van der Waals surface area contributed by atoms with E-state index < -0.39 is 5.41 Å². The van der Waals surface area contributed by atoms with Gasteiger partial charge < -0.3 is 28.9 Å². The molecule has 3 amide bonds. The van der Waals surface area contributed by atoms with Crippen LogP contribution in [0, 0.1) is 5.41 Å². The van der Waals surface area contributed by atoms with Gasteiger partial charge in [0.15, 0.2) is 0 Å². The summed E-state index contributed by atoms with van der Waals surface area (Å²) >= 11 is 0. The van der Waals surface area contributed by atoms with Crippen molar-refractivity contribution in [3.05, 3.63) is 0 Å². The predicted octanol–water partition coefficient (Wildman–Crippen LogP) is 9.91. The van der Waals surface area contributed by atoms with Crippen LogP contribution in [0.5, 0.6) is 0 Å². The summed E-state index contributed by atoms with van der Waals surface area (Å²) in [6, 6.07) is 1.95. The van der Waals surface area contributed by atoms with Gasteiger partial charge in [0.2, 0.25) is 17.7 Å². The van der Waals surface area contributed by atoms with Crippen LogP contribution >= 0.6 is 0 Å². The number of hydrogen-bond acceptors (Lipinski definition) is 6. The minimum atomic E-state index is -0.581. The molecule has 0 N–H and O–H groups in total. The Labute approximate surface area is 347 Å². The monoisotopic (exact) mass is 798 g/mol. The number of amides is 3. The average molecular weight is 798 g/mol. The van der Waals surface area contributed by atoms with E-state index in [0.717, 1.165) is 77.0 Å². The Morgan fingerprint density at radius 1 is 0.368 bits per heavy atom. The number of rotatable bonds is 19. The Hall–Kier alpha value is -1.71. The fourth-order valence-electron chi connectivity index (χ4n) is 12.0.